The average molecular weight is 236 g/mol. The first-order valence-corrected chi connectivity index (χ1v) is 4.79. The molecular weight excluding hydrogens is 224 g/mol. The van der Waals surface area contributed by atoms with Crippen LogP contribution in [0.5, 0.6) is 5.75 Å². The van der Waals surface area contributed by atoms with Crippen molar-refractivity contribution in [3.8, 4) is 5.75 Å². The number of rotatable bonds is 5. The Hall–Kier alpha value is -2.37. The molecule has 0 aliphatic rings. The molecule has 6 nitrogen and oxygen atoms in total. The number of aliphatic carboxylic acids is 1. The highest BCUT2D eigenvalue weighted by Gasteiger charge is 2.04. The molecule has 90 valence electrons. The molecule has 1 aromatic carbocycles. The average Bonchev–Trinajstić information content (AvgIpc) is 2.28. The van der Waals surface area contributed by atoms with Gasteiger partial charge in [0.1, 0.15) is 12.2 Å². The van der Waals surface area contributed by atoms with Gasteiger partial charge in [-0.3, -0.25) is 9.59 Å². The van der Waals surface area contributed by atoms with Crippen molar-refractivity contribution in [1.82, 2.24) is 5.43 Å². The molecule has 0 saturated carbocycles. The van der Waals surface area contributed by atoms with Gasteiger partial charge in [-0.1, -0.05) is 12.1 Å². The Bertz CT molecular complexity index is 443. The maximum Gasteiger partial charge on any atom is 0.312 e. The second-order valence-corrected chi connectivity index (χ2v) is 3.14. The van der Waals surface area contributed by atoms with Gasteiger partial charge in [0.15, 0.2) is 0 Å². The second-order valence-electron chi connectivity index (χ2n) is 3.14. The van der Waals surface area contributed by atoms with Gasteiger partial charge in [-0.05, 0) is 17.7 Å². The molecule has 0 atom stereocenters. The van der Waals surface area contributed by atoms with Gasteiger partial charge in [0.2, 0.25) is 0 Å². The summed E-state index contributed by atoms with van der Waals surface area (Å²) in [5.74, 6) is -1.19. The molecule has 0 fully saturated rings. The van der Waals surface area contributed by atoms with Crippen LogP contribution in [0.25, 0.3) is 0 Å². The van der Waals surface area contributed by atoms with Crippen molar-refractivity contribution in [2.45, 2.75) is 6.42 Å². The summed E-state index contributed by atoms with van der Waals surface area (Å²) < 4.78 is 5.01. The van der Waals surface area contributed by atoms with Crippen molar-refractivity contribution in [3.63, 3.8) is 0 Å². The number of hydrogen-bond acceptors (Lipinski definition) is 4. The van der Waals surface area contributed by atoms with E-state index in [4.69, 9.17) is 9.84 Å². The zero-order valence-corrected chi connectivity index (χ0v) is 9.21. The fourth-order valence-electron chi connectivity index (χ4n) is 1.08. The van der Waals surface area contributed by atoms with Crippen LogP contribution in [0.1, 0.15) is 12.0 Å². The highest BCUT2D eigenvalue weighted by molar-refractivity contribution is 5.93. The Morgan fingerprint density at radius 2 is 2.29 bits per heavy atom. The first kappa shape index (κ1) is 12.7. The minimum absolute atomic E-state index is 0.602. The lowest BCUT2D eigenvalue weighted by atomic mass is 10.2. The van der Waals surface area contributed by atoms with E-state index in [1.807, 2.05) is 0 Å². The minimum Gasteiger partial charge on any atom is -0.497 e. The number of hydrazone groups is 1. The van der Waals surface area contributed by atoms with E-state index in [9.17, 15) is 9.59 Å². The lowest BCUT2D eigenvalue weighted by Crippen LogP contribution is -2.20. The Balaban J connectivity index is 2.53. The van der Waals surface area contributed by atoms with Crippen molar-refractivity contribution < 1.29 is 19.4 Å². The molecule has 2 N–H and O–H groups in total. The SMILES string of the molecule is COc1cccc(C=NNC(=O)CC(=O)O)c1. The molecule has 0 radical (unpaired) electrons. The van der Waals surface area contributed by atoms with Crippen LogP contribution in [-0.2, 0) is 9.59 Å². The summed E-state index contributed by atoms with van der Waals surface area (Å²) in [5, 5.41) is 12.0. The van der Waals surface area contributed by atoms with Gasteiger partial charge >= 0.3 is 5.97 Å². The molecule has 17 heavy (non-hydrogen) atoms. The van der Waals surface area contributed by atoms with E-state index < -0.39 is 18.3 Å². The molecule has 0 saturated heterocycles. The topological polar surface area (TPSA) is 88.0 Å². The number of hydrogen-bond donors (Lipinski definition) is 2. The predicted molar refractivity (Wildman–Crippen MR) is 61.0 cm³/mol. The molecule has 1 aromatic rings. The van der Waals surface area contributed by atoms with Gasteiger partial charge in [-0.15, -0.1) is 0 Å². The third-order valence-corrected chi connectivity index (χ3v) is 1.81. The van der Waals surface area contributed by atoms with E-state index >= 15 is 0 Å². The van der Waals surface area contributed by atoms with Crippen molar-refractivity contribution in [1.29, 1.82) is 0 Å². The minimum atomic E-state index is -1.20. The van der Waals surface area contributed by atoms with Gasteiger partial charge < -0.3 is 9.84 Å². The number of carboxylic acid groups (broad SMARTS) is 1. The first-order valence-electron chi connectivity index (χ1n) is 4.79. The van der Waals surface area contributed by atoms with Crippen LogP contribution < -0.4 is 10.2 Å². The van der Waals surface area contributed by atoms with Crippen LogP contribution in [0.4, 0.5) is 0 Å². The number of carbonyl (C=O) groups excluding carboxylic acids is 1. The third-order valence-electron chi connectivity index (χ3n) is 1.81. The van der Waals surface area contributed by atoms with Gasteiger partial charge in [-0.25, -0.2) is 5.43 Å². The van der Waals surface area contributed by atoms with E-state index in [0.29, 0.717) is 5.75 Å². The third kappa shape index (κ3) is 4.78. The zero-order chi connectivity index (χ0) is 12.7. The normalized spacial score (nSPS) is 10.2. The number of methoxy groups -OCH3 is 1. The van der Waals surface area contributed by atoms with Crippen molar-refractivity contribution >= 4 is 18.1 Å². The lowest BCUT2D eigenvalue weighted by molar-refractivity contribution is -0.140. The predicted octanol–water partition coefficient (Wildman–Crippen LogP) is 0.620. The number of carbonyl (C=O) groups is 2. The highest BCUT2D eigenvalue weighted by atomic mass is 16.5. The van der Waals surface area contributed by atoms with Crippen LogP contribution in [0, 0.1) is 0 Å². The summed E-state index contributed by atoms with van der Waals surface area (Å²) in [6, 6.07) is 7.06. The van der Waals surface area contributed by atoms with E-state index in [0.717, 1.165) is 5.56 Å². The number of amides is 1. The van der Waals surface area contributed by atoms with Crippen molar-refractivity contribution in [3.05, 3.63) is 29.8 Å². The van der Waals surface area contributed by atoms with Crippen molar-refractivity contribution in [2.24, 2.45) is 5.10 Å². The molecule has 0 aromatic heterocycles. The molecule has 0 unspecified atom stereocenters. The molecule has 0 aliphatic heterocycles. The molecule has 0 spiro atoms. The van der Waals surface area contributed by atoms with Crippen molar-refractivity contribution in [2.75, 3.05) is 7.11 Å². The summed E-state index contributed by atoms with van der Waals surface area (Å²) in [6.07, 6.45) is 0.803. The monoisotopic (exact) mass is 236 g/mol. The summed E-state index contributed by atoms with van der Waals surface area (Å²) in [7, 11) is 1.55. The van der Waals surface area contributed by atoms with Crippen LogP contribution >= 0.6 is 0 Å². The summed E-state index contributed by atoms with van der Waals surface area (Å²) in [5.41, 5.74) is 2.84. The quantitative estimate of drug-likeness (QED) is 0.445. The molecule has 1 amide bonds. The molecule has 6 heteroatoms. The maximum atomic E-state index is 10.9. The summed E-state index contributed by atoms with van der Waals surface area (Å²) in [6.45, 7) is 0. The largest absolute Gasteiger partial charge is 0.497 e. The fraction of sp³-hybridized carbons (Fsp3) is 0.182. The Morgan fingerprint density at radius 3 is 2.94 bits per heavy atom. The van der Waals surface area contributed by atoms with Crippen LogP contribution in [0.3, 0.4) is 0 Å². The van der Waals surface area contributed by atoms with Gasteiger partial charge in [0.05, 0.1) is 13.3 Å². The Morgan fingerprint density at radius 1 is 1.53 bits per heavy atom. The number of benzene rings is 1. The number of ether oxygens (including phenoxy) is 1. The lowest BCUT2D eigenvalue weighted by Gasteiger charge is -1.99. The number of carboxylic acids is 1. The Labute approximate surface area is 97.9 Å². The second kappa shape index (κ2) is 6.26. The molecule has 1 rings (SSSR count). The van der Waals surface area contributed by atoms with Gasteiger partial charge in [0.25, 0.3) is 5.91 Å². The first-order chi connectivity index (χ1) is 8.11. The summed E-state index contributed by atoms with van der Waals surface area (Å²) in [4.78, 5) is 21.1. The number of nitrogens with zero attached hydrogens (tertiary/aromatic N) is 1. The number of nitrogens with one attached hydrogen (secondary N) is 1. The van der Waals surface area contributed by atoms with Crippen LogP contribution in [-0.4, -0.2) is 30.3 Å². The highest BCUT2D eigenvalue weighted by Crippen LogP contribution is 2.10. The van der Waals surface area contributed by atoms with Crippen LogP contribution in [0.2, 0.25) is 0 Å². The van der Waals surface area contributed by atoms with E-state index in [2.05, 4.69) is 10.5 Å². The molecule has 0 aliphatic carbocycles. The van der Waals surface area contributed by atoms with Gasteiger partial charge in [0, 0.05) is 0 Å². The molecule has 0 heterocycles. The molecule has 0 bridgehead atoms. The van der Waals surface area contributed by atoms with E-state index in [-0.39, 0.29) is 0 Å². The maximum absolute atomic E-state index is 10.9. The Kier molecular flexibility index (Phi) is 4.68. The molecular formula is C11H12N2O4. The van der Waals surface area contributed by atoms with E-state index in [1.54, 1.807) is 31.4 Å². The van der Waals surface area contributed by atoms with Gasteiger partial charge in [-0.2, -0.15) is 5.10 Å². The smallest absolute Gasteiger partial charge is 0.312 e. The standard InChI is InChI=1S/C11H12N2O4/c1-17-9-4-2-3-8(5-9)7-12-13-10(14)6-11(15)16/h2-5,7H,6H2,1H3,(H,13,14)(H,15,16). The summed E-state index contributed by atoms with van der Waals surface area (Å²) >= 11 is 0. The van der Waals surface area contributed by atoms with Crippen LogP contribution in [0.15, 0.2) is 29.4 Å². The zero-order valence-electron chi connectivity index (χ0n) is 9.21. The fourth-order valence-corrected chi connectivity index (χ4v) is 1.08. The van der Waals surface area contributed by atoms with E-state index in [1.165, 1.54) is 6.21 Å².